The SMILES string of the molecule is CCCC(=O)N(CCCN1CCOCC1)c1nc2ccc(F)cc2s1. The number of carbonyl (C=O) groups is 1. The van der Waals surface area contributed by atoms with Gasteiger partial charge in [-0.25, -0.2) is 9.37 Å². The predicted octanol–water partition coefficient (Wildman–Crippen LogP) is 3.29. The van der Waals surface area contributed by atoms with Gasteiger partial charge >= 0.3 is 0 Å². The molecule has 1 amide bonds. The van der Waals surface area contributed by atoms with Gasteiger partial charge in [0.1, 0.15) is 5.82 Å². The Morgan fingerprint density at radius 3 is 2.96 bits per heavy atom. The largest absolute Gasteiger partial charge is 0.379 e. The number of anilines is 1. The van der Waals surface area contributed by atoms with Crippen LogP contribution in [0, 0.1) is 5.82 Å². The second kappa shape index (κ2) is 8.69. The normalized spacial score (nSPS) is 15.6. The van der Waals surface area contributed by atoms with E-state index < -0.39 is 0 Å². The maximum atomic E-state index is 13.4. The van der Waals surface area contributed by atoms with E-state index in [2.05, 4.69) is 9.88 Å². The van der Waals surface area contributed by atoms with Crippen LogP contribution in [-0.4, -0.2) is 55.2 Å². The zero-order valence-corrected chi connectivity index (χ0v) is 15.4. The Morgan fingerprint density at radius 2 is 2.20 bits per heavy atom. The van der Waals surface area contributed by atoms with E-state index in [0.717, 1.165) is 55.9 Å². The number of fused-ring (bicyclic) bond motifs is 1. The van der Waals surface area contributed by atoms with Gasteiger partial charge in [-0.2, -0.15) is 0 Å². The van der Waals surface area contributed by atoms with E-state index in [-0.39, 0.29) is 11.7 Å². The number of thiazole rings is 1. The fourth-order valence-electron chi connectivity index (χ4n) is 2.95. The number of carbonyl (C=O) groups excluding carboxylic acids is 1. The Labute approximate surface area is 151 Å². The van der Waals surface area contributed by atoms with Crippen molar-refractivity contribution >= 4 is 32.6 Å². The second-order valence-corrected chi connectivity index (χ2v) is 7.22. The van der Waals surface area contributed by atoms with Gasteiger partial charge in [0.25, 0.3) is 0 Å². The summed E-state index contributed by atoms with van der Waals surface area (Å²) >= 11 is 1.38. The van der Waals surface area contributed by atoms with Crippen molar-refractivity contribution in [1.82, 2.24) is 9.88 Å². The van der Waals surface area contributed by atoms with Crippen molar-refractivity contribution in [2.75, 3.05) is 44.3 Å². The molecule has 1 aromatic carbocycles. The van der Waals surface area contributed by atoms with Crippen LogP contribution >= 0.6 is 11.3 Å². The monoisotopic (exact) mass is 365 g/mol. The van der Waals surface area contributed by atoms with Crippen LogP contribution in [-0.2, 0) is 9.53 Å². The molecule has 1 saturated heterocycles. The van der Waals surface area contributed by atoms with Crippen molar-refractivity contribution in [3.63, 3.8) is 0 Å². The van der Waals surface area contributed by atoms with Gasteiger partial charge in [0, 0.05) is 32.6 Å². The van der Waals surface area contributed by atoms with Crippen molar-refractivity contribution in [2.24, 2.45) is 0 Å². The van der Waals surface area contributed by atoms with Crippen molar-refractivity contribution < 1.29 is 13.9 Å². The van der Waals surface area contributed by atoms with Gasteiger partial charge in [-0.05, 0) is 31.0 Å². The Morgan fingerprint density at radius 1 is 1.40 bits per heavy atom. The lowest BCUT2D eigenvalue weighted by molar-refractivity contribution is -0.118. The Balaban J connectivity index is 1.70. The third-order valence-corrected chi connectivity index (χ3v) is 5.34. The summed E-state index contributed by atoms with van der Waals surface area (Å²) in [5.41, 5.74) is 0.740. The van der Waals surface area contributed by atoms with Crippen LogP contribution in [0.1, 0.15) is 26.2 Å². The van der Waals surface area contributed by atoms with Crippen LogP contribution in [0.4, 0.5) is 9.52 Å². The van der Waals surface area contributed by atoms with E-state index in [0.29, 0.717) is 18.1 Å². The van der Waals surface area contributed by atoms with Gasteiger partial charge in [-0.15, -0.1) is 0 Å². The smallest absolute Gasteiger partial charge is 0.228 e. The fourth-order valence-corrected chi connectivity index (χ4v) is 3.99. The van der Waals surface area contributed by atoms with Gasteiger partial charge in [-0.3, -0.25) is 14.6 Å². The first kappa shape index (κ1) is 18.2. The molecule has 136 valence electrons. The van der Waals surface area contributed by atoms with Gasteiger partial charge in [0.2, 0.25) is 5.91 Å². The molecule has 5 nitrogen and oxygen atoms in total. The molecule has 0 bridgehead atoms. The zero-order valence-electron chi connectivity index (χ0n) is 14.5. The highest BCUT2D eigenvalue weighted by atomic mass is 32.1. The number of hydrogen-bond donors (Lipinski definition) is 0. The highest BCUT2D eigenvalue weighted by Crippen LogP contribution is 2.30. The van der Waals surface area contributed by atoms with E-state index in [9.17, 15) is 9.18 Å². The molecule has 2 aromatic rings. The predicted molar refractivity (Wildman–Crippen MR) is 98.7 cm³/mol. The van der Waals surface area contributed by atoms with Crippen LogP contribution in [0.15, 0.2) is 18.2 Å². The standard InChI is InChI=1S/C18H24FN3O2S/c1-2-4-17(23)22(8-3-7-21-9-11-24-12-10-21)18-20-15-6-5-14(19)13-16(15)25-18/h5-6,13H,2-4,7-12H2,1H3. The second-order valence-electron chi connectivity index (χ2n) is 6.21. The molecule has 0 aliphatic carbocycles. The molecule has 1 aromatic heterocycles. The van der Waals surface area contributed by atoms with E-state index in [4.69, 9.17) is 4.74 Å². The number of rotatable bonds is 7. The molecule has 1 aliphatic rings. The topological polar surface area (TPSA) is 45.7 Å². The van der Waals surface area contributed by atoms with Crippen molar-refractivity contribution in [3.8, 4) is 0 Å². The third kappa shape index (κ3) is 4.74. The Kier molecular flexibility index (Phi) is 6.34. The molecule has 0 saturated carbocycles. The van der Waals surface area contributed by atoms with E-state index in [1.54, 1.807) is 11.0 Å². The quantitative estimate of drug-likeness (QED) is 0.755. The van der Waals surface area contributed by atoms with Gasteiger partial charge in [-0.1, -0.05) is 18.3 Å². The first-order chi connectivity index (χ1) is 12.2. The molecule has 3 rings (SSSR count). The molecule has 0 N–H and O–H groups in total. The molecule has 0 unspecified atom stereocenters. The number of morpholine rings is 1. The summed E-state index contributed by atoms with van der Waals surface area (Å²) in [6, 6.07) is 4.55. The van der Waals surface area contributed by atoms with Crippen LogP contribution in [0.25, 0.3) is 10.2 Å². The maximum Gasteiger partial charge on any atom is 0.228 e. The van der Waals surface area contributed by atoms with Crippen LogP contribution in [0.5, 0.6) is 0 Å². The molecule has 0 spiro atoms. The lowest BCUT2D eigenvalue weighted by Gasteiger charge is -2.27. The van der Waals surface area contributed by atoms with Crippen molar-refractivity contribution in [3.05, 3.63) is 24.0 Å². The highest BCUT2D eigenvalue weighted by Gasteiger charge is 2.20. The first-order valence-corrected chi connectivity index (χ1v) is 9.65. The highest BCUT2D eigenvalue weighted by molar-refractivity contribution is 7.22. The average Bonchev–Trinajstić information content (AvgIpc) is 3.02. The molecule has 25 heavy (non-hydrogen) atoms. The van der Waals surface area contributed by atoms with E-state index in [1.165, 1.54) is 23.5 Å². The molecule has 1 aliphatic heterocycles. The van der Waals surface area contributed by atoms with Gasteiger partial charge in [0.05, 0.1) is 23.4 Å². The van der Waals surface area contributed by atoms with Crippen molar-refractivity contribution in [2.45, 2.75) is 26.2 Å². The average molecular weight is 365 g/mol. The van der Waals surface area contributed by atoms with Crippen molar-refractivity contribution in [1.29, 1.82) is 0 Å². The number of amides is 1. The summed E-state index contributed by atoms with van der Waals surface area (Å²) in [6.07, 6.45) is 2.19. The minimum Gasteiger partial charge on any atom is -0.379 e. The molecule has 0 radical (unpaired) electrons. The summed E-state index contributed by atoms with van der Waals surface area (Å²) in [4.78, 5) is 21.2. The molecule has 7 heteroatoms. The number of hydrogen-bond acceptors (Lipinski definition) is 5. The number of nitrogens with zero attached hydrogens (tertiary/aromatic N) is 3. The van der Waals surface area contributed by atoms with Gasteiger partial charge < -0.3 is 4.74 Å². The van der Waals surface area contributed by atoms with E-state index >= 15 is 0 Å². The number of halogens is 1. The number of ether oxygens (including phenoxy) is 1. The molecule has 0 atom stereocenters. The summed E-state index contributed by atoms with van der Waals surface area (Å²) in [5.74, 6) is -0.189. The molecular formula is C18H24FN3O2S. The zero-order chi connectivity index (χ0) is 17.6. The minimum atomic E-state index is -0.276. The summed E-state index contributed by atoms with van der Waals surface area (Å²) < 4.78 is 19.6. The summed E-state index contributed by atoms with van der Waals surface area (Å²) in [6.45, 7) is 7.03. The maximum absolute atomic E-state index is 13.4. The van der Waals surface area contributed by atoms with Crippen LogP contribution in [0.3, 0.4) is 0 Å². The molecular weight excluding hydrogens is 341 g/mol. The first-order valence-electron chi connectivity index (χ1n) is 8.84. The van der Waals surface area contributed by atoms with Crippen LogP contribution < -0.4 is 4.90 Å². The lowest BCUT2D eigenvalue weighted by atomic mass is 10.2. The summed E-state index contributed by atoms with van der Waals surface area (Å²) in [7, 11) is 0. The number of aromatic nitrogens is 1. The van der Waals surface area contributed by atoms with E-state index in [1.807, 2.05) is 6.92 Å². The minimum absolute atomic E-state index is 0.0870. The lowest BCUT2D eigenvalue weighted by Crippen LogP contribution is -2.39. The van der Waals surface area contributed by atoms with Gasteiger partial charge in [0.15, 0.2) is 5.13 Å². The van der Waals surface area contributed by atoms with Crippen LogP contribution in [0.2, 0.25) is 0 Å². The third-order valence-electron chi connectivity index (χ3n) is 4.29. The Bertz CT molecular complexity index is 715. The Hall–Kier alpha value is -1.57. The fraction of sp³-hybridized carbons (Fsp3) is 0.556. The molecule has 1 fully saturated rings. The number of benzene rings is 1. The summed E-state index contributed by atoms with van der Waals surface area (Å²) in [5, 5.41) is 0.668. The molecule has 2 heterocycles.